The molecule has 0 radical (unpaired) electrons. The smallest absolute Gasteiger partial charge is 0.0333 e. The Labute approximate surface area is 120 Å². The lowest BCUT2D eigenvalue weighted by molar-refractivity contribution is 0.141. The maximum Gasteiger partial charge on any atom is 0.0333 e. The third kappa shape index (κ3) is 2.16. The molecule has 1 N–H and O–H groups in total. The molecular weight excluding hydrogens is 252 g/mol. The van der Waals surface area contributed by atoms with Gasteiger partial charge in [0.25, 0.3) is 0 Å². The maximum absolute atomic E-state index is 4.00. The standard InChI is InChI=1S/C16H24N2S/c1-18-12-5-6-13(18)10-11(9-12)17-15-3-2-4-16-14(15)7-8-19-16/h7-8,11-13,15,17H,2-6,9-10H2,1H3. The molecule has 3 aliphatic rings. The van der Waals surface area contributed by atoms with Crippen molar-refractivity contribution >= 4 is 11.3 Å². The van der Waals surface area contributed by atoms with Crippen molar-refractivity contribution in [2.24, 2.45) is 0 Å². The Kier molecular flexibility index (Phi) is 3.17. The Morgan fingerprint density at radius 1 is 1.21 bits per heavy atom. The Balaban J connectivity index is 1.46. The third-order valence-corrected chi connectivity index (χ3v) is 6.58. The SMILES string of the molecule is CN1C2CCC1CC(NC1CCCc3sccc31)C2. The van der Waals surface area contributed by atoms with Gasteiger partial charge in [-0.05, 0) is 69.0 Å². The van der Waals surface area contributed by atoms with Crippen LogP contribution in [0.2, 0.25) is 0 Å². The van der Waals surface area contributed by atoms with E-state index in [0.717, 1.165) is 18.1 Å². The molecule has 0 aromatic carbocycles. The van der Waals surface area contributed by atoms with E-state index in [9.17, 15) is 0 Å². The molecule has 3 heterocycles. The van der Waals surface area contributed by atoms with Crippen molar-refractivity contribution in [1.82, 2.24) is 10.2 Å². The van der Waals surface area contributed by atoms with Gasteiger partial charge in [0, 0.05) is 29.0 Å². The van der Waals surface area contributed by atoms with Crippen LogP contribution in [-0.4, -0.2) is 30.1 Å². The Morgan fingerprint density at radius 2 is 2.00 bits per heavy atom. The minimum atomic E-state index is 0.641. The lowest BCUT2D eigenvalue weighted by Crippen LogP contribution is -2.48. The second-order valence-corrected chi connectivity index (χ2v) is 7.63. The van der Waals surface area contributed by atoms with Crippen molar-refractivity contribution in [3.05, 3.63) is 21.9 Å². The average Bonchev–Trinajstić information content (AvgIpc) is 2.94. The van der Waals surface area contributed by atoms with Crippen LogP contribution < -0.4 is 5.32 Å². The quantitative estimate of drug-likeness (QED) is 0.891. The van der Waals surface area contributed by atoms with E-state index < -0.39 is 0 Å². The summed E-state index contributed by atoms with van der Waals surface area (Å²) >= 11 is 1.96. The first-order valence-electron chi connectivity index (χ1n) is 7.85. The van der Waals surface area contributed by atoms with E-state index in [1.165, 1.54) is 44.9 Å². The number of nitrogens with zero attached hydrogens (tertiary/aromatic N) is 1. The predicted octanol–water partition coefficient (Wildman–Crippen LogP) is 3.34. The van der Waals surface area contributed by atoms with E-state index in [1.54, 1.807) is 10.4 Å². The van der Waals surface area contributed by atoms with Gasteiger partial charge in [-0.15, -0.1) is 11.3 Å². The summed E-state index contributed by atoms with van der Waals surface area (Å²) in [6.45, 7) is 0. The van der Waals surface area contributed by atoms with Crippen molar-refractivity contribution in [3.63, 3.8) is 0 Å². The van der Waals surface area contributed by atoms with Crippen LogP contribution in [0, 0.1) is 0 Å². The van der Waals surface area contributed by atoms with E-state index in [0.29, 0.717) is 6.04 Å². The Morgan fingerprint density at radius 3 is 2.79 bits per heavy atom. The summed E-state index contributed by atoms with van der Waals surface area (Å²) in [6.07, 6.45) is 9.59. The number of thiophene rings is 1. The number of hydrogen-bond acceptors (Lipinski definition) is 3. The van der Waals surface area contributed by atoms with Gasteiger partial charge in [-0.1, -0.05) is 0 Å². The van der Waals surface area contributed by atoms with Gasteiger partial charge >= 0.3 is 0 Å². The van der Waals surface area contributed by atoms with E-state index in [4.69, 9.17) is 0 Å². The minimum absolute atomic E-state index is 0.641. The zero-order valence-electron chi connectivity index (χ0n) is 11.8. The largest absolute Gasteiger partial charge is 0.307 e. The summed E-state index contributed by atoms with van der Waals surface area (Å²) < 4.78 is 0. The number of nitrogens with one attached hydrogen (secondary N) is 1. The van der Waals surface area contributed by atoms with Gasteiger partial charge in [0.15, 0.2) is 0 Å². The second-order valence-electron chi connectivity index (χ2n) is 6.63. The molecule has 3 atom stereocenters. The summed E-state index contributed by atoms with van der Waals surface area (Å²) in [7, 11) is 2.33. The molecule has 2 saturated heterocycles. The van der Waals surface area contributed by atoms with Crippen LogP contribution in [0.15, 0.2) is 11.4 Å². The van der Waals surface area contributed by atoms with Crippen molar-refractivity contribution in [3.8, 4) is 0 Å². The summed E-state index contributed by atoms with van der Waals surface area (Å²) in [5.74, 6) is 0. The Bertz CT molecular complexity index is 441. The molecule has 2 bridgehead atoms. The van der Waals surface area contributed by atoms with Crippen molar-refractivity contribution in [1.29, 1.82) is 0 Å². The van der Waals surface area contributed by atoms with Gasteiger partial charge < -0.3 is 10.2 Å². The van der Waals surface area contributed by atoms with Crippen LogP contribution in [0.5, 0.6) is 0 Å². The topological polar surface area (TPSA) is 15.3 Å². The molecule has 1 aromatic rings. The zero-order valence-corrected chi connectivity index (χ0v) is 12.6. The molecule has 2 nitrogen and oxygen atoms in total. The molecule has 104 valence electrons. The van der Waals surface area contributed by atoms with Gasteiger partial charge in [0.05, 0.1) is 0 Å². The Hall–Kier alpha value is -0.380. The molecule has 0 spiro atoms. The van der Waals surface area contributed by atoms with E-state index in [1.807, 2.05) is 11.3 Å². The van der Waals surface area contributed by atoms with Gasteiger partial charge in [0.2, 0.25) is 0 Å². The van der Waals surface area contributed by atoms with Gasteiger partial charge in [-0.3, -0.25) is 0 Å². The molecule has 0 saturated carbocycles. The highest BCUT2D eigenvalue weighted by Gasteiger charge is 2.39. The summed E-state index contributed by atoms with van der Waals surface area (Å²) in [4.78, 5) is 4.27. The monoisotopic (exact) mass is 276 g/mol. The predicted molar refractivity (Wildman–Crippen MR) is 80.7 cm³/mol. The highest BCUT2D eigenvalue weighted by Crippen LogP contribution is 2.38. The first kappa shape index (κ1) is 12.4. The summed E-state index contributed by atoms with van der Waals surface area (Å²) in [5.41, 5.74) is 1.61. The fourth-order valence-electron chi connectivity index (χ4n) is 4.49. The molecule has 2 fully saturated rings. The number of rotatable bonds is 2. The fraction of sp³-hybridized carbons (Fsp3) is 0.750. The number of aryl methyl sites for hydroxylation is 1. The normalized spacial score (nSPS) is 38.4. The first-order valence-corrected chi connectivity index (χ1v) is 8.73. The van der Waals surface area contributed by atoms with Gasteiger partial charge in [-0.2, -0.15) is 0 Å². The number of hydrogen-bond donors (Lipinski definition) is 1. The molecular formula is C16H24N2S. The highest BCUT2D eigenvalue weighted by molar-refractivity contribution is 7.10. The van der Waals surface area contributed by atoms with Gasteiger partial charge in [0.1, 0.15) is 0 Å². The zero-order chi connectivity index (χ0) is 12.8. The molecule has 1 aromatic heterocycles. The van der Waals surface area contributed by atoms with Crippen LogP contribution in [0.25, 0.3) is 0 Å². The molecule has 0 amide bonds. The molecule has 1 aliphatic carbocycles. The first-order chi connectivity index (χ1) is 9.31. The van der Waals surface area contributed by atoms with Crippen LogP contribution in [-0.2, 0) is 6.42 Å². The lowest BCUT2D eigenvalue weighted by Gasteiger charge is -2.39. The lowest BCUT2D eigenvalue weighted by atomic mass is 9.91. The van der Waals surface area contributed by atoms with Crippen molar-refractivity contribution in [2.75, 3.05) is 7.05 Å². The molecule has 19 heavy (non-hydrogen) atoms. The third-order valence-electron chi connectivity index (χ3n) is 5.59. The molecule has 2 aliphatic heterocycles. The van der Waals surface area contributed by atoms with Crippen molar-refractivity contribution < 1.29 is 0 Å². The molecule has 3 unspecified atom stereocenters. The molecule has 4 rings (SSSR count). The summed E-state index contributed by atoms with van der Waals surface area (Å²) in [5, 5.41) is 6.28. The van der Waals surface area contributed by atoms with Crippen molar-refractivity contribution in [2.45, 2.75) is 69.1 Å². The second kappa shape index (κ2) is 4.87. The highest BCUT2D eigenvalue weighted by atomic mass is 32.1. The number of fused-ring (bicyclic) bond motifs is 3. The van der Waals surface area contributed by atoms with E-state index >= 15 is 0 Å². The summed E-state index contributed by atoms with van der Waals surface area (Å²) in [6, 6.07) is 5.45. The minimum Gasteiger partial charge on any atom is -0.307 e. The van der Waals surface area contributed by atoms with Crippen LogP contribution >= 0.6 is 11.3 Å². The van der Waals surface area contributed by atoms with E-state index in [-0.39, 0.29) is 0 Å². The van der Waals surface area contributed by atoms with Crippen LogP contribution in [0.3, 0.4) is 0 Å². The fourth-order valence-corrected chi connectivity index (χ4v) is 5.48. The van der Waals surface area contributed by atoms with Crippen LogP contribution in [0.1, 0.15) is 55.0 Å². The average molecular weight is 276 g/mol. The number of piperidine rings is 1. The van der Waals surface area contributed by atoms with Gasteiger partial charge in [-0.25, -0.2) is 0 Å². The maximum atomic E-state index is 4.00. The van der Waals surface area contributed by atoms with Crippen LogP contribution in [0.4, 0.5) is 0 Å². The van der Waals surface area contributed by atoms with E-state index in [2.05, 4.69) is 28.7 Å². The molecule has 3 heteroatoms.